The molecular formula is C16H22N2O5. The van der Waals surface area contributed by atoms with Gasteiger partial charge in [0.15, 0.2) is 0 Å². The Bertz CT molecular complexity index is 546. The number of hydrogen-bond donors (Lipinski definition) is 1. The molecular weight excluding hydrogens is 300 g/mol. The van der Waals surface area contributed by atoms with Crippen molar-refractivity contribution in [2.45, 2.75) is 19.4 Å². The van der Waals surface area contributed by atoms with E-state index < -0.39 is 12.2 Å². The average molecular weight is 322 g/mol. The number of carbonyl (C=O) groups is 2. The first-order valence-corrected chi connectivity index (χ1v) is 7.58. The van der Waals surface area contributed by atoms with Crippen molar-refractivity contribution in [3.8, 4) is 0 Å². The molecule has 1 saturated heterocycles. The molecule has 1 fully saturated rings. The molecule has 126 valence electrons. The van der Waals surface area contributed by atoms with E-state index in [0.717, 1.165) is 5.69 Å². The number of methoxy groups -OCH3 is 1. The van der Waals surface area contributed by atoms with Crippen molar-refractivity contribution in [2.24, 2.45) is 0 Å². The van der Waals surface area contributed by atoms with Crippen LogP contribution in [0.25, 0.3) is 0 Å². The zero-order chi connectivity index (χ0) is 16.8. The van der Waals surface area contributed by atoms with Gasteiger partial charge in [0.05, 0.1) is 26.4 Å². The van der Waals surface area contributed by atoms with Gasteiger partial charge in [-0.05, 0) is 30.7 Å². The van der Waals surface area contributed by atoms with Crippen molar-refractivity contribution in [3.63, 3.8) is 0 Å². The molecule has 7 nitrogen and oxygen atoms in total. The molecule has 23 heavy (non-hydrogen) atoms. The molecule has 2 amide bonds. The summed E-state index contributed by atoms with van der Waals surface area (Å²) in [5.74, 6) is -0.0878. The fourth-order valence-electron chi connectivity index (χ4n) is 2.34. The molecule has 0 unspecified atom stereocenters. The third-order valence-electron chi connectivity index (χ3n) is 3.72. The van der Waals surface area contributed by atoms with E-state index in [2.05, 4.69) is 0 Å². The van der Waals surface area contributed by atoms with Gasteiger partial charge in [-0.25, -0.2) is 4.79 Å². The van der Waals surface area contributed by atoms with Gasteiger partial charge in [0.25, 0.3) is 5.91 Å². The SMILES string of the molecule is CC[C@H](O)CN(C(=O)OC)c1ccc(N2CCOCC2=O)cc1. The number of hydrogen-bond acceptors (Lipinski definition) is 5. The van der Waals surface area contributed by atoms with Crippen molar-refractivity contribution in [1.29, 1.82) is 0 Å². The van der Waals surface area contributed by atoms with Crippen LogP contribution in [0.4, 0.5) is 16.2 Å². The van der Waals surface area contributed by atoms with Crippen LogP contribution in [0.3, 0.4) is 0 Å². The van der Waals surface area contributed by atoms with Gasteiger partial charge < -0.3 is 19.5 Å². The molecule has 0 radical (unpaired) electrons. The second kappa shape index (κ2) is 7.94. The Morgan fingerprint density at radius 3 is 2.70 bits per heavy atom. The third kappa shape index (κ3) is 4.20. The predicted octanol–water partition coefficient (Wildman–Crippen LogP) is 1.39. The molecule has 0 aliphatic carbocycles. The Balaban J connectivity index is 2.17. The van der Waals surface area contributed by atoms with E-state index in [1.54, 1.807) is 29.2 Å². The monoisotopic (exact) mass is 322 g/mol. The number of nitrogens with zero attached hydrogens (tertiary/aromatic N) is 2. The van der Waals surface area contributed by atoms with E-state index in [0.29, 0.717) is 25.3 Å². The number of aliphatic hydroxyl groups excluding tert-OH is 1. The van der Waals surface area contributed by atoms with Crippen LogP contribution in [0.1, 0.15) is 13.3 Å². The molecule has 1 heterocycles. The molecule has 1 aromatic rings. The second-order valence-corrected chi connectivity index (χ2v) is 5.26. The van der Waals surface area contributed by atoms with Crippen LogP contribution < -0.4 is 9.80 Å². The fourth-order valence-corrected chi connectivity index (χ4v) is 2.34. The van der Waals surface area contributed by atoms with Gasteiger partial charge in [-0.1, -0.05) is 6.92 Å². The molecule has 7 heteroatoms. The summed E-state index contributed by atoms with van der Waals surface area (Å²) in [4.78, 5) is 26.8. The summed E-state index contributed by atoms with van der Waals surface area (Å²) in [5, 5.41) is 9.81. The highest BCUT2D eigenvalue weighted by Crippen LogP contribution is 2.23. The first kappa shape index (κ1) is 17.2. The fraction of sp³-hybridized carbons (Fsp3) is 0.500. The van der Waals surface area contributed by atoms with Crippen molar-refractivity contribution in [1.82, 2.24) is 0 Å². The van der Waals surface area contributed by atoms with Crippen molar-refractivity contribution >= 4 is 23.4 Å². The van der Waals surface area contributed by atoms with Crippen molar-refractivity contribution < 1.29 is 24.2 Å². The summed E-state index contributed by atoms with van der Waals surface area (Å²) < 4.78 is 9.88. The first-order chi connectivity index (χ1) is 11.1. The van der Waals surface area contributed by atoms with E-state index in [1.807, 2.05) is 6.92 Å². The van der Waals surface area contributed by atoms with Crippen LogP contribution in [0.2, 0.25) is 0 Å². The summed E-state index contributed by atoms with van der Waals surface area (Å²) in [5.41, 5.74) is 1.36. The molecule has 0 bridgehead atoms. The van der Waals surface area contributed by atoms with Crippen LogP contribution in [0.15, 0.2) is 24.3 Å². The standard InChI is InChI=1S/C16H22N2O5/c1-3-14(19)10-18(16(21)22-2)13-6-4-12(5-7-13)17-8-9-23-11-15(17)20/h4-7,14,19H,3,8-11H2,1-2H3/t14-/m0/s1. The van der Waals surface area contributed by atoms with Crippen molar-refractivity contribution in [3.05, 3.63) is 24.3 Å². The molecule has 1 aliphatic rings. The molecule has 0 aromatic heterocycles. The Labute approximate surface area is 135 Å². The summed E-state index contributed by atoms with van der Waals surface area (Å²) in [6.07, 6.45) is -0.629. The molecule has 2 rings (SSSR count). The smallest absolute Gasteiger partial charge is 0.414 e. The second-order valence-electron chi connectivity index (χ2n) is 5.26. The van der Waals surface area contributed by atoms with Crippen LogP contribution in [0, 0.1) is 0 Å². The minimum Gasteiger partial charge on any atom is -0.452 e. The Kier molecular flexibility index (Phi) is 5.95. The lowest BCUT2D eigenvalue weighted by Gasteiger charge is -2.28. The van der Waals surface area contributed by atoms with E-state index in [-0.39, 0.29) is 19.1 Å². The van der Waals surface area contributed by atoms with E-state index >= 15 is 0 Å². The molecule has 1 aliphatic heterocycles. The molecule has 1 atom stereocenters. The topological polar surface area (TPSA) is 79.3 Å². The summed E-state index contributed by atoms with van der Waals surface area (Å²) in [6, 6.07) is 7.01. The number of morpholine rings is 1. The Hall–Kier alpha value is -2.12. The lowest BCUT2D eigenvalue weighted by molar-refractivity contribution is -0.125. The predicted molar refractivity (Wildman–Crippen MR) is 85.7 cm³/mol. The molecule has 1 aromatic carbocycles. The van der Waals surface area contributed by atoms with Gasteiger partial charge in [0, 0.05) is 17.9 Å². The lowest BCUT2D eigenvalue weighted by atomic mass is 10.2. The van der Waals surface area contributed by atoms with Gasteiger partial charge in [-0.15, -0.1) is 0 Å². The maximum Gasteiger partial charge on any atom is 0.414 e. The van der Waals surface area contributed by atoms with Crippen LogP contribution in [0.5, 0.6) is 0 Å². The molecule has 0 spiro atoms. The highest BCUT2D eigenvalue weighted by Gasteiger charge is 2.22. The first-order valence-electron chi connectivity index (χ1n) is 7.58. The summed E-state index contributed by atoms with van der Waals surface area (Å²) in [6.45, 7) is 3.09. The highest BCUT2D eigenvalue weighted by molar-refractivity contribution is 5.95. The zero-order valence-electron chi connectivity index (χ0n) is 13.4. The number of benzene rings is 1. The molecule has 0 saturated carbocycles. The average Bonchev–Trinajstić information content (AvgIpc) is 2.59. The van der Waals surface area contributed by atoms with Crippen LogP contribution in [-0.2, 0) is 14.3 Å². The lowest BCUT2D eigenvalue weighted by Crippen LogP contribution is -2.41. The number of ether oxygens (including phenoxy) is 2. The van der Waals surface area contributed by atoms with Gasteiger partial charge in [-0.2, -0.15) is 0 Å². The quantitative estimate of drug-likeness (QED) is 0.886. The number of rotatable bonds is 5. The number of aliphatic hydroxyl groups is 1. The number of amides is 2. The minimum atomic E-state index is -0.630. The van der Waals surface area contributed by atoms with Gasteiger partial charge in [0.1, 0.15) is 6.61 Å². The van der Waals surface area contributed by atoms with Gasteiger partial charge in [0.2, 0.25) is 0 Å². The minimum absolute atomic E-state index is 0.0821. The maximum absolute atomic E-state index is 11.9. The van der Waals surface area contributed by atoms with Gasteiger partial charge in [-0.3, -0.25) is 9.69 Å². The Morgan fingerprint density at radius 2 is 2.13 bits per heavy atom. The molecule has 1 N–H and O–H groups in total. The van der Waals surface area contributed by atoms with Gasteiger partial charge >= 0.3 is 6.09 Å². The third-order valence-corrected chi connectivity index (χ3v) is 3.72. The summed E-state index contributed by atoms with van der Waals surface area (Å²) in [7, 11) is 1.30. The zero-order valence-corrected chi connectivity index (χ0v) is 13.4. The van der Waals surface area contributed by atoms with E-state index in [9.17, 15) is 14.7 Å². The number of anilines is 2. The van der Waals surface area contributed by atoms with E-state index in [1.165, 1.54) is 12.0 Å². The summed E-state index contributed by atoms with van der Waals surface area (Å²) >= 11 is 0. The van der Waals surface area contributed by atoms with E-state index in [4.69, 9.17) is 9.47 Å². The Morgan fingerprint density at radius 1 is 1.43 bits per heavy atom. The maximum atomic E-state index is 11.9. The number of carbonyl (C=O) groups excluding carboxylic acids is 2. The van der Waals surface area contributed by atoms with Crippen LogP contribution >= 0.6 is 0 Å². The largest absolute Gasteiger partial charge is 0.452 e. The van der Waals surface area contributed by atoms with Crippen LogP contribution in [-0.4, -0.2) is 56.6 Å². The normalized spacial score (nSPS) is 16.1. The highest BCUT2D eigenvalue weighted by atomic mass is 16.5. The van der Waals surface area contributed by atoms with Crippen molar-refractivity contribution in [2.75, 3.05) is 43.2 Å².